The summed E-state index contributed by atoms with van der Waals surface area (Å²) < 4.78 is 0. The fourth-order valence-electron chi connectivity index (χ4n) is 1.41. The quantitative estimate of drug-likeness (QED) is 0.590. The van der Waals surface area contributed by atoms with Gasteiger partial charge in [-0.2, -0.15) is 0 Å². The summed E-state index contributed by atoms with van der Waals surface area (Å²) in [7, 11) is 0. The summed E-state index contributed by atoms with van der Waals surface area (Å²) in [4.78, 5) is 11.5. The predicted octanol–water partition coefficient (Wildman–Crippen LogP) is 1.95. The molecule has 1 heterocycles. The second-order valence-electron chi connectivity index (χ2n) is 5.23. The maximum Gasteiger partial charge on any atom is 0.225 e. The molecule has 1 rings (SSSR count). The molecule has 1 fully saturated rings. The molecule has 0 radical (unpaired) electrons. The summed E-state index contributed by atoms with van der Waals surface area (Å²) in [5.74, 6) is 0.202. The van der Waals surface area contributed by atoms with Crippen LogP contribution in [-0.4, -0.2) is 12.5 Å². The van der Waals surface area contributed by atoms with Crippen LogP contribution in [-0.2, 0) is 4.79 Å². The maximum atomic E-state index is 11.5. The van der Waals surface area contributed by atoms with Crippen LogP contribution < -0.4 is 5.32 Å². The van der Waals surface area contributed by atoms with Crippen LogP contribution in [0.3, 0.4) is 0 Å². The van der Waals surface area contributed by atoms with Crippen LogP contribution in [0.25, 0.3) is 0 Å². The molecular formula is C10H19NO. The first-order valence-corrected chi connectivity index (χ1v) is 4.62. The van der Waals surface area contributed by atoms with Crippen LogP contribution in [0.2, 0.25) is 0 Å². The minimum absolute atomic E-state index is 0.173. The van der Waals surface area contributed by atoms with Crippen LogP contribution in [0, 0.1) is 10.8 Å². The molecule has 0 aliphatic carbocycles. The van der Waals surface area contributed by atoms with Crippen molar-refractivity contribution in [3.8, 4) is 0 Å². The smallest absolute Gasteiger partial charge is 0.225 e. The molecule has 0 atom stereocenters. The zero-order valence-corrected chi connectivity index (χ0v) is 8.53. The zero-order chi connectivity index (χ0) is 9.41. The minimum Gasteiger partial charge on any atom is -0.355 e. The van der Waals surface area contributed by atoms with Crippen LogP contribution in [0.5, 0.6) is 0 Å². The summed E-state index contributed by atoms with van der Waals surface area (Å²) in [6, 6.07) is 0. The summed E-state index contributed by atoms with van der Waals surface area (Å²) in [6.45, 7) is 9.26. The van der Waals surface area contributed by atoms with Gasteiger partial charge >= 0.3 is 0 Å². The van der Waals surface area contributed by atoms with Crippen molar-refractivity contribution in [1.29, 1.82) is 0 Å². The van der Waals surface area contributed by atoms with Gasteiger partial charge in [0.15, 0.2) is 0 Å². The first-order valence-electron chi connectivity index (χ1n) is 4.62. The molecule has 2 nitrogen and oxygen atoms in total. The molecule has 1 N–H and O–H groups in total. The highest BCUT2D eigenvalue weighted by Crippen LogP contribution is 2.33. The lowest BCUT2D eigenvalue weighted by molar-refractivity contribution is -0.129. The van der Waals surface area contributed by atoms with E-state index in [1.54, 1.807) is 0 Å². The number of hydrogen-bond acceptors (Lipinski definition) is 1. The van der Waals surface area contributed by atoms with E-state index >= 15 is 0 Å². The van der Waals surface area contributed by atoms with E-state index in [9.17, 15) is 4.79 Å². The third-order valence-corrected chi connectivity index (χ3v) is 2.77. The van der Waals surface area contributed by atoms with Gasteiger partial charge in [-0.15, -0.1) is 0 Å². The second-order valence-corrected chi connectivity index (χ2v) is 5.23. The lowest BCUT2D eigenvalue weighted by Crippen LogP contribution is -2.36. The third-order valence-electron chi connectivity index (χ3n) is 2.77. The highest BCUT2D eigenvalue weighted by Gasteiger charge is 2.34. The Labute approximate surface area is 74.7 Å². The van der Waals surface area contributed by atoms with Crippen molar-refractivity contribution in [3.63, 3.8) is 0 Å². The normalized spacial score (nSPS) is 27.5. The molecule has 1 aliphatic heterocycles. The average molecular weight is 169 g/mol. The van der Waals surface area contributed by atoms with E-state index in [-0.39, 0.29) is 16.7 Å². The van der Waals surface area contributed by atoms with Gasteiger partial charge in [0.1, 0.15) is 0 Å². The van der Waals surface area contributed by atoms with E-state index in [1.165, 1.54) is 0 Å². The number of nitrogens with one attached hydrogen (secondary N) is 1. The number of carbonyl (C=O) groups excluding carboxylic acids is 1. The Kier molecular flexibility index (Phi) is 2.19. The van der Waals surface area contributed by atoms with Crippen LogP contribution in [0.4, 0.5) is 0 Å². The lowest BCUT2D eigenvalue weighted by Gasteiger charge is -2.22. The maximum absolute atomic E-state index is 11.5. The Morgan fingerprint density at radius 3 is 2.33 bits per heavy atom. The molecular weight excluding hydrogens is 150 g/mol. The van der Waals surface area contributed by atoms with Gasteiger partial charge in [0.2, 0.25) is 5.91 Å². The van der Waals surface area contributed by atoms with E-state index in [1.807, 2.05) is 13.8 Å². The Morgan fingerprint density at radius 2 is 1.75 bits per heavy atom. The summed E-state index contributed by atoms with van der Waals surface area (Å²) in [5.41, 5.74) is 0.0944. The zero-order valence-electron chi connectivity index (χ0n) is 8.53. The second kappa shape index (κ2) is 2.75. The fourth-order valence-corrected chi connectivity index (χ4v) is 1.41. The molecule has 0 spiro atoms. The van der Waals surface area contributed by atoms with Crippen molar-refractivity contribution in [1.82, 2.24) is 5.32 Å². The van der Waals surface area contributed by atoms with Crippen molar-refractivity contribution in [3.05, 3.63) is 0 Å². The van der Waals surface area contributed by atoms with E-state index in [0.717, 1.165) is 19.4 Å². The molecule has 0 aromatic rings. The van der Waals surface area contributed by atoms with E-state index < -0.39 is 0 Å². The van der Waals surface area contributed by atoms with Gasteiger partial charge < -0.3 is 5.32 Å². The molecule has 1 amide bonds. The van der Waals surface area contributed by atoms with Gasteiger partial charge in [-0.05, 0) is 18.3 Å². The highest BCUT2D eigenvalue weighted by atomic mass is 16.2. The molecule has 1 saturated heterocycles. The lowest BCUT2D eigenvalue weighted by atomic mass is 9.81. The highest BCUT2D eigenvalue weighted by molar-refractivity contribution is 5.82. The Bertz CT molecular complexity index is 194. The summed E-state index contributed by atoms with van der Waals surface area (Å²) >= 11 is 0. The molecule has 0 aromatic heterocycles. The Hall–Kier alpha value is -0.530. The first-order chi connectivity index (χ1) is 5.33. The number of hydrogen-bond donors (Lipinski definition) is 1. The molecule has 12 heavy (non-hydrogen) atoms. The first kappa shape index (κ1) is 9.56. The van der Waals surface area contributed by atoms with E-state index in [4.69, 9.17) is 0 Å². The number of carbonyl (C=O) groups is 1. The molecule has 0 unspecified atom stereocenters. The van der Waals surface area contributed by atoms with Crippen molar-refractivity contribution >= 4 is 5.91 Å². The summed E-state index contributed by atoms with van der Waals surface area (Å²) in [6.07, 6.45) is 2.12. The molecule has 0 bridgehead atoms. The average Bonchev–Trinajstić information content (AvgIpc) is 2.03. The standard InChI is InChI=1S/C10H19NO/c1-9(2)5-6-10(3,4)8(12)11-7-9/h5-7H2,1-4H3,(H,11,12). The minimum atomic E-state index is -0.173. The molecule has 0 aromatic carbocycles. The molecule has 2 heteroatoms. The molecule has 70 valence electrons. The molecule has 0 saturated carbocycles. The van der Waals surface area contributed by atoms with Gasteiger partial charge in [-0.3, -0.25) is 4.79 Å². The van der Waals surface area contributed by atoms with Crippen molar-refractivity contribution < 1.29 is 4.79 Å². The van der Waals surface area contributed by atoms with Crippen molar-refractivity contribution in [2.45, 2.75) is 40.5 Å². The Balaban J connectivity index is 2.73. The van der Waals surface area contributed by atoms with Gasteiger partial charge in [-0.1, -0.05) is 27.7 Å². The Morgan fingerprint density at radius 1 is 1.17 bits per heavy atom. The van der Waals surface area contributed by atoms with Crippen molar-refractivity contribution in [2.75, 3.05) is 6.54 Å². The van der Waals surface area contributed by atoms with Crippen LogP contribution in [0.15, 0.2) is 0 Å². The fraction of sp³-hybridized carbons (Fsp3) is 0.900. The largest absolute Gasteiger partial charge is 0.355 e. The predicted molar refractivity (Wildman–Crippen MR) is 49.8 cm³/mol. The van der Waals surface area contributed by atoms with E-state index in [2.05, 4.69) is 19.2 Å². The van der Waals surface area contributed by atoms with Gasteiger partial charge in [0.05, 0.1) is 0 Å². The van der Waals surface area contributed by atoms with E-state index in [0.29, 0.717) is 0 Å². The SMILES string of the molecule is CC1(C)CCC(C)(C)C(=O)NC1. The van der Waals surface area contributed by atoms with Gasteiger partial charge in [0, 0.05) is 12.0 Å². The monoisotopic (exact) mass is 169 g/mol. The van der Waals surface area contributed by atoms with Crippen LogP contribution >= 0.6 is 0 Å². The number of rotatable bonds is 0. The summed E-state index contributed by atoms with van der Waals surface area (Å²) in [5, 5.41) is 2.99. The number of amides is 1. The van der Waals surface area contributed by atoms with Crippen LogP contribution in [0.1, 0.15) is 40.5 Å². The topological polar surface area (TPSA) is 29.1 Å². The molecule has 1 aliphatic rings. The van der Waals surface area contributed by atoms with Gasteiger partial charge in [0.25, 0.3) is 0 Å². The van der Waals surface area contributed by atoms with Crippen molar-refractivity contribution in [2.24, 2.45) is 10.8 Å². The third kappa shape index (κ3) is 1.99. The van der Waals surface area contributed by atoms with Gasteiger partial charge in [-0.25, -0.2) is 0 Å².